The summed E-state index contributed by atoms with van der Waals surface area (Å²) in [5.41, 5.74) is 8.34. The topological polar surface area (TPSA) is 47.7 Å². The Hall–Kier alpha value is -1.26. The molecule has 2 rings (SSSR count). The molecular weight excluding hydrogens is 252 g/mol. The van der Waals surface area contributed by atoms with Gasteiger partial charge in [-0.3, -0.25) is 4.90 Å². The molecule has 0 aromatic heterocycles. The first kappa shape index (κ1) is 15.1. The Balaban J connectivity index is 2.17. The lowest BCUT2D eigenvalue weighted by Crippen LogP contribution is -2.27. The van der Waals surface area contributed by atoms with Crippen LogP contribution in [0.4, 0.5) is 0 Å². The summed E-state index contributed by atoms with van der Waals surface area (Å²) < 4.78 is 10.7. The van der Waals surface area contributed by atoms with E-state index in [1.165, 1.54) is 17.5 Å². The SMILES string of the molecule is COc1cc(C)c(CN2CC(CN)CC2C)cc1OC. The van der Waals surface area contributed by atoms with Crippen molar-refractivity contribution in [2.75, 3.05) is 27.3 Å². The van der Waals surface area contributed by atoms with Gasteiger partial charge in [-0.2, -0.15) is 0 Å². The summed E-state index contributed by atoms with van der Waals surface area (Å²) in [7, 11) is 3.35. The summed E-state index contributed by atoms with van der Waals surface area (Å²) in [6, 6.07) is 4.74. The minimum atomic E-state index is 0.594. The number of hydrogen-bond donors (Lipinski definition) is 1. The Kier molecular flexibility index (Phi) is 4.89. The van der Waals surface area contributed by atoms with Gasteiger partial charge in [0.2, 0.25) is 0 Å². The molecule has 4 nitrogen and oxygen atoms in total. The first-order valence-electron chi connectivity index (χ1n) is 7.24. The third-order valence-corrected chi connectivity index (χ3v) is 4.34. The van der Waals surface area contributed by atoms with Crippen LogP contribution in [0.3, 0.4) is 0 Å². The summed E-state index contributed by atoms with van der Waals surface area (Å²) in [6.07, 6.45) is 1.20. The van der Waals surface area contributed by atoms with Crippen LogP contribution in [0.1, 0.15) is 24.5 Å². The molecule has 0 amide bonds. The van der Waals surface area contributed by atoms with Crippen LogP contribution >= 0.6 is 0 Å². The maximum Gasteiger partial charge on any atom is 0.161 e. The maximum absolute atomic E-state index is 5.80. The van der Waals surface area contributed by atoms with Crippen molar-refractivity contribution in [3.63, 3.8) is 0 Å². The lowest BCUT2D eigenvalue weighted by atomic mass is 10.1. The monoisotopic (exact) mass is 278 g/mol. The fourth-order valence-electron chi connectivity index (χ4n) is 3.02. The molecule has 1 heterocycles. The van der Waals surface area contributed by atoms with Gasteiger partial charge in [-0.05, 0) is 56.0 Å². The predicted molar refractivity (Wildman–Crippen MR) is 81.3 cm³/mol. The molecule has 1 aliphatic heterocycles. The third kappa shape index (κ3) is 3.07. The van der Waals surface area contributed by atoms with E-state index >= 15 is 0 Å². The molecule has 1 fully saturated rings. The Labute approximate surface area is 121 Å². The van der Waals surface area contributed by atoms with E-state index in [4.69, 9.17) is 15.2 Å². The van der Waals surface area contributed by atoms with Crippen molar-refractivity contribution in [2.24, 2.45) is 11.7 Å². The molecule has 4 heteroatoms. The number of hydrogen-bond acceptors (Lipinski definition) is 4. The molecule has 20 heavy (non-hydrogen) atoms. The van der Waals surface area contributed by atoms with Gasteiger partial charge in [0.05, 0.1) is 14.2 Å². The highest BCUT2D eigenvalue weighted by molar-refractivity contribution is 5.47. The molecule has 1 aromatic rings. The van der Waals surface area contributed by atoms with Crippen molar-refractivity contribution in [3.05, 3.63) is 23.3 Å². The Morgan fingerprint density at radius 1 is 1.25 bits per heavy atom. The van der Waals surface area contributed by atoms with E-state index in [1.54, 1.807) is 14.2 Å². The van der Waals surface area contributed by atoms with Gasteiger partial charge in [-0.15, -0.1) is 0 Å². The lowest BCUT2D eigenvalue weighted by Gasteiger charge is -2.23. The van der Waals surface area contributed by atoms with E-state index in [2.05, 4.69) is 30.9 Å². The molecular formula is C16H26N2O2. The number of nitrogens with zero attached hydrogens (tertiary/aromatic N) is 1. The summed E-state index contributed by atoms with van der Waals surface area (Å²) in [6.45, 7) is 7.23. The number of rotatable bonds is 5. The molecule has 2 N–H and O–H groups in total. The molecule has 0 bridgehead atoms. The van der Waals surface area contributed by atoms with Gasteiger partial charge in [0.1, 0.15) is 0 Å². The lowest BCUT2D eigenvalue weighted by molar-refractivity contribution is 0.254. The van der Waals surface area contributed by atoms with Crippen LogP contribution in [0.15, 0.2) is 12.1 Å². The van der Waals surface area contributed by atoms with Gasteiger partial charge >= 0.3 is 0 Å². The first-order valence-corrected chi connectivity index (χ1v) is 7.24. The molecule has 0 radical (unpaired) electrons. The predicted octanol–water partition coefficient (Wildman–Crippen LogP) is 2.18. The smallest absolute Gasteiger partial charge is 0.161 e. The number of aryl methyl sites for hydroxylation is 1. The zero-order valence-electron chi connectivity index (χ0n) is 13.0. The van der Waals surface area contributed by atoms with Gasteiger partial charge in [0.25, 0.3) is 0 Å². The first-order chi connectivity index (χ1) is 9.58. The minimum Gasteiger partial charge on any atom is -0.493 e. The molecule has 1 aromatic carbocycles. The van der Waals surface area contributed by atoms with Crippen LogP contribution in [0, 0.1) is 12.8 Å². The summed E-state index contributed by atoms with van der Waals surface area (Å²) in [4.78, 5) is 2.51. The van der Waals surface area contributed by atoms with Crippen LogP contribution in [0.5, 0.6) is 11.5 Å². The fraction of sp³-hybridized carbons (Fsp3) is 0.625. The zero-order valence-corrected chi connectivity index (χ0v) is 13.0. The normalized spacial score (nSPS) is 23.1. The second-order valence-corrected chi connectivity index (χ2v) is 5.75. The largest absolute Gasteiger partial charge is 0.493 e. The number of nitrogens with two attached hydrogens (primary N) is 1. The van der Waals surface area contributed by atoms with E-state index in [0.717, 1.165) is 31.1 Å². The van der Waals surface area contributed by atoms with E-state index in [-0.39, 0.29) is 0 Å². The van der Waals surface area contributed by atoms with Gasteiger partial charge in [-0.25, -0.2) is 0 Å². The summed E-state index contributed by atoms with van der Waals surface area (Å²) >= 11 is 0. The van der Waals surface area contributed by atoms with Gasteiger partial charge in [0.15, 0.2) is 11.5 Å². The highest BCUT2D eigenvalue weighted by Gasteiger charge is 2.28. The summed E-state index contributed by atoms with van der Waals surface area (Å²) in [5.74, 6) is 2.23. The zero-order chi connectivity index (χ0) is 14.7. The van der Waals surface area contributed by atoms with E-state index in [0.29, 0.717) is 12.0 Å². The average Bonchev–Trinajstić information content (AvgIpc) is 2.81. The highest BCUT2D eigenvalue weighted by atomic mass is 16.5. The van der Waals surface area contributed by atoms with Crippen molar-refractivity contribution in [1.29, 1.82) is 0 Å². The van der Waals surface area contributed by atoms with Crippen molar-refractivity contribution in [3.8, 4) is 11.5 Å². The van der Waals surface area contributed by atoms with Crippen molar-refractivity contribution in [1.82, 2.24) is 4.90 Å². The summed E-state index contributed by atoms with van der Waals surface area (Å²) in [5, 5.41) is 0. The van der Waals surface area contributed by atoms with Crippen LogP contribution in [-0.2, 0) is 6.54 Å². The van der Waals surface area contributed by atoms with Crippen LogP contribution in [-0.4, -0.2) is 38.3 Å². The van der Waals surface area contributed by atoms with Gasteiger partial charge in [0, 0.05) is 19.1 Å². The minimum absolute atomic E-state index is 0.594. The molecule has 2 unspecified atom stereocenters. The number of ether oxygens (including phenoxy) is 2. The number of methoxy groups -OCH3 is 2. The Bertz CT molecular complexity index is 462. The van der Waals surface area contributed by atoms with Crippen LogP contribution in [0.2, 0.25) is 0 Å². The molecule has 112 valence electrons. The number of likely N-dealkylation sites (tertiary alicyclic amines) is 1. The molecule has 0 spiro atoms. The van der Waals surface area contributed by atoms with Gasteiger partial charge in [-0.1, -0.05) is 0 Å². The molecule has 0 saturated carbocycles. The highest BCUT2D eigenvalue weighted by Crippen LogP contribution is 2.32. The standard InChI is InChI=1S/C16H26N2O2/c1-11-5-15(19-3)16(20-4)7-14(11)10-18-9-13(8-17)6-12(18)2/h5,7,12-13H,6,8-10,17H2,1-4H3. The van der Waals surface area contributed by atoms with E-state index in [9.17, 15) is 0 Å². The number of benzene rings is 1. The second kappa shape index (κ2) is 6.46. The van der Waals surface area contributed by atoms with Crippen LogP contribution in [0.25, 0.3) is 0 Å². The van der Waals surface area contributed by atoms with Crippen LogP contribution < -0.4 is 15.2 Å². The Morgan fingerprint density at radius 2 is 1.90 bits per heavy atom. The van der Waals surface area contributed by atoms with E-state index in [1.807, 2.05) is 0 Å². The van der Waals surface area contributed by atoms with Crippen molar-refractivity contribution < 1.29 is 9.47 Å². The second-order valence-electron chi connectivity index (χ2n) is 5.75. The fourth-order valence-corrected chi connectivity index (χ4v) is 3.02. The molecule has 0 aliphatic carbocycles. The van der Waals surface area contributed by atoms with E-state index < -0.39 is 0 Å². The molecule has 2 atom stereocenters. The maximum atomic E-state index is 5.80. The molecule has 1 saturated heterocycles. The average molecular weight is 278 g/mol. The quantitative estimate of drug-likeness (QED) is 0.897. The van der Waals surface area contributed by atoms with Gasteiger partial charge < -0.3 is 15.2 Å². The van der Waals surface area contributed by atoms with Crippen molar-refractivity contribution in [2.45, 2.75) is 32.9 Å². The third-order valence-electron chi connectivity index (χ3n) is 4.34. The molecule has 1 aliphatic rings. The Morgan fingerprint density at radius 3 is 2.45 bits per heavy atom. The van der Waals surface area contributed by atoms with Crippen molar-refractivity contribution >= 4 is 0 Å².